The highest BCUT2D eigenvalue weighted by Gasteiger charge is 1.99. The van der Waals surface area contributed by atoms with Crippen LogP contribution in [0.4, 0.5) is 0 Å². The third kappa shape index (κ3) is 5.43. The lowest BCUT2D eigenvalue weighted by molar-refractivity contribution is -0.136. The molecule has 0 aliphatic carbocycles. The van der Waals surface area contributed by atoms with Crippen molar-refractivity contribution in [2.75, 3.05) is 6.54 Å². The summed E-state index contributed by atoms with van der Waals surface area (Å²) in [6, 6.07) is 0. The van der Waals surface area contributed by atoms with Gasteiger partial charge in [-0.1, -0.05) is 0 Å². The lowest BCUT2D eigenvalue weighted by Crippen LogP contribution is -2.13. The molecule has 5 nitrogen and oxygen atoms in total. The van der Waals surface area contributed by atoms with Crippen LogP contribution < -0.4 is 11.5 Å². The lowest BCUT2D eigenvalue weighted by atomic mass is 10.2. The van der Waals surface area contributed by atoms with Crippen LogP contribution in [0.2, 0.25) is 0 Å². The summed E-state index contributed by atoms with van der Waals surface area (Å²) in [6.45, 7) is 0.190. The van der Waals surface area contributed by atoms with E-state index >= 15 is 0 Å². The maximum Gasteiger partial charge on any atom is 0.303 e. The molecule has 0 aromatic carbocycles. The molecule has 0 aromatic rings. The first-order valence-electron chi connectivity index (χ1n) is 3.51. The fraction of sp³-hybridized carbons (Fsp3) is 0.429. The molecule has 12 heavy (non-hydrogen) atoms. The molecular weight excluding hydrogens is 158 g/mol. The second-order valence-corrected chi connectivity index (χ2v) is 2.34. The number of carboxylic acids is 1. The van der Waals surface area contributed by atoms with Crippen LogP contribution in [0.1, 0.15) is 12.8 Å². The van der Waals surface area contributed by atoms with Crippen LogP contribution in [0, 0.1) is 5.41 Å². The van der Waals surface area contributed by atoms with E-state index in [-0.39, 0.29) is 25.1 Å². The number of nitrogens with one attached hydrogen (secondary N) is 1. The molecule has 5 heteroatoms. The van der Waals surface area contributed by atoms with Gasteiger partial charge in [-0.15, -0.1) is 0 Å². The molecule has 0 saturated carbocycles. The highest BCUT2D eigenvalue weighted by atomic mass is 16.4. The molecule has 68 valence electrons. The number of hydrogen-bond acceptors (Lipinski definition) is 4. The molecule has 6 N–H and O–H groups in total. The predicted octanol–water partition coefficient (Wildman–Crippen LogP) is -0.328. The zero-order chi connectivity index (χ0) is 9.56. The summed E-state index contributed by atoms with van der Waals surface area (Å²) in [6.07, 6.45) is 1.53. The van der Waals surface area contributed by atoms with Crippen molar-refractivity contribution < 1.29 is 9.90 Å². The Hall–Kier alpha value is -1.36. The van der Waals surface area contributed by atoms with Crippen molar-refractivity contribution in [3.63, 3.8) is 0 Å². The van der Waals surface area contributed by atoms with Crippen LogP contribution in [0.3, 0.4) is 0 Å². The monoisotopic (exact) mass is 171 g/mol. The van der Waals surface area contributed by atoms with E-state index in [1.807, 2.05) is 0 Å². The number of allylic oxidation sites excluding steroid dienone is 1. The minimum Gasteiger partial charge on any atom is -0.481 e. The van der Waals surface area contributed by atoms with E-state index in [1.54, 1.807) is 0 Å². The SMILES string of the molecule is N=C(/C=C(\N)CN)CCC(=O)O. The highest BCUT2D eigenvalue weighted by molar-refractivity contribution is 5.94. The summed E-state index contributed by atoms with van der Waals surface area (Å²) in [5.74, 6) is -0.917. The first-order valence-corrected chi connectivity index (χ1v) is 3.51. The Balaban J connectivity index is 3.82. The Kier molecular flexibility index (Phi) is 4.71. The first-order chi connectivity index (χ1) is 5.56. The van der Waals surface area contributed by atoms with Gasteiger partial charge in [-0.3, -0.25) is 4.79 Å². The fourth-order valence-electron chi connectivity index (χ4n) is 0.596. The Labute approximate surface area is 70.6 Å². The lowest BCUT2D eigenvalue weighted by Gasteiger charge is -1.97. The summed E-state index contributed by atoms with van der Waals surface area (Å²) >= 11 is 0. The average molecular weight is 171 g/mol. The predicted molar refractivity (Wildman–Crippen MR) is 45.9 cm³/mol. The molecular formula is C7H13N3O2. The molecule has 0 atom stereocenters. The van der Waals surface area contributed by atoms with Gasteiger partial charge in [0.1, 0.15) is 0 Å². The number of hydrogen-bond donors (Lipinski definition) is 4. The number of nitrogens with two attached hydrogens (primary N) is 2. The van der Waals surface area contributed by atoms with Gasteiger partial charge in [0.05, 0.1) is 6.42 Å². The van der Waals surface area contributed by atoms with Crippen molar-refractivity contribution in [1.29, 1.82) is 5.41 Å². The molecule has 0 aliphatic heterocycles. The average Bonchev–Trinajstić information content (AvgIpc) is 2.00. The molecule has 0 aliphatic rings. The fourth-order valence-corrected chi connectivity index (χ4v) is 0.596. The van der Waals surface area contributed by atoms with Gasteiger partial charge in [-0.25, -0.2) is 0 Å². The van der Waals surface area contributed by atoms with E-state index in [4.69, 9.17) is 22.0 Å². The van der Waals surface area contributed by atoms with Gasteiger partial charge >= 0.3 is 5.97 Å². The van der Waals surface area contributed by atoms with E-state index in [0.717, 1.165) is 0 Å². The van der Waals surface area contributed by atoms with Crippen LogP contribution in [0.25, 0.3) is 0 Å². The van der Waals surface area contributed by atoms with Crippen LogP contribution in [0.15, 0.2) is 11.8 Å². The van der Waals surface area contributed by atoms with Gasteiger partial charge in [-0.2, -0.15) is 0 Å². The van der Waals surface area contributed by atoms with Crippen molar-refractivity contribution in [3.05, 3.63) is 11.8 Å². The summed E-state index contributed by atoms with van der Waals surface area (Å²) in [5.41, 5.74) is 11.1. The van der Waals surface area contributed by atoms with E-state index < -0.39 is 5.97 Å². The molecule has 0 fully saturated rings. The van der Waals surface area contributed by atoms with Crippen LogP contribution in [0.5, 0.6) is 0 Å². The number of carboxylic acid groups (broad SMARTS) is 1. The van der Waals surface area contributed by atoms with Crippen molar-refractivity contribution in [1.82, 2.24) is 0 Å². The van der Waals surface area contributed by atoms with Gasteiger partial charge in [0.25, 0.3) is 0 Å². The Morgan fingerprint density at radius 2 is 2.08 bits per heavy atom. The van der Waals surface area contributed by atoms with Crippen molar-refractivity contribution in [3.8, 4) is 0 Å². The Bertz CT molecular complexity index is 211. The molecule has 0 radical (unpaired) electrons. The molecule has 0 bridgehead atoms. The second-order valence-electron chi connectivity index (χ2n) is 2.34. The molecule has 0 unspecified atom stereocenters. The summed E-state index contributed by atoms with van der Waals surface area (Å²) in [5, 5.41) is 15.5. The van der Waals surface area contributed by atoms with E-state index in [9.17, 15) is 4.79 Å². The maximum atomic E-state index is 10.1. The molecule has 0 amide bonds. The molecule has 0 saturated heterocycles. The van der Waals surface area contributed by atoms with Crippen molar-refractivity contribution in [2.24, 2.45) is 11.5 Å². The smallest absolute Gasteiger partial charge is 0.303 e. The number of rotatable bonds is 5. The van der Waals surface area contributed by atoms with Crippen LogP contribution in [-0.4, -0.2) is 23.3 Å². The quantitative estimate of drug-likeness (QED) is 0.424. The zero-order valence-electron chi connectivity index (χ0n) is 6.71. The van der Waals surface area contributed by atoms with Crippen molar-refractivity contribution >= 4 is 11.7 Å². The van der Waals surface area contributed by atoms with Crippen LogP contribution in [-0.2, 0) is 4.79 Å². The normalized spacial score (nSPS) is 11.2. The standard InChI is InChI=1S/C7H13N3O2/c8-4-6(10)3-5(9)1-2-7(11)12/h3,9H,1-2,4,8,10H2,(H,11,12)/b6-3-,9-5?. The molecule has 0 rings (SSSR count). The number of aliphatic carboxylic acids is 1. The summed E-state index contributed by atoms with van der Waals surface area (Å²) in [4.78, 5) is 10.1. The topological polar surface area (TPSA) is 113 Å². The molecule has 0 aromatic heterocycles. The maximum absolute atomic E-state index is 10.1. The minimum atomic E-state index is -0.917. The Morgan fingerprint density at radius 3 is 2.50 bits per heavy atom. The van der Waals surface area contributed by atoms with Crippen molar-refractivity contribution in [2.45, 2.75) is 12.8 Å². The molecule has 0 spiro atoms. The third-order valence-electron chi connectivity index (χ3n) is 1.20. The number of carbonyl (C=O) groups is 1. The van der Waals surface area contributed by atoms with Crippen LogP contribution >= 0.6 is 0 Å². The van der Waals surface area contributed by atoms with Gasteiger partial charge in [0.15, 0.2) is 0 Å². The first kappa shape index (κ1) is 10.6. The summed E-state index contributed by atoms with van der Waals surface area (Å²) < 4.78 is 0. The Morgan fingerprint density at radius 1 is 1.50 bits per heavy atom. The largest absolute Gasteiger partial charge is 0.481 e. The minimum absolute atomic E-state index is 0.0484. The third-order valence-corrected chi connectivity index (χ3v) is 1.20. The molecule has 0 heterocycles. The van der Waals surface area contributed by atoms with Gasteiger partial charge in [0.2, 0.25) is 0 Å². The van der Waals surface area contributed by atoms with E-state index in [2.05, 4.69) is 0 Å². The van der Waals surface area contributed by atoms with Gasteiger partial charge < -0.3 is 22.0 Å². The summed E-state index contributed by atoms with van der Waals surface area (Å²) in [7, 11) is 0. The highest BCUT2D eigenvalue weighted by Crippen LogP contribution is 1.94. The van der Waals surface area contributed by atoms with Gasteiger partial charge in [0, 0.05) is 18.0 Å². The van der Waals surface area contributed by atoms with E-state index in [0.29, 0.717) is 5.70 Å². The van der Waals surface area contributed by atoms with Gasteiger partial charge in [-0.05, 0) is 12.5 Å². The zero-order valence-corrected chi connectivity index (χ0v) is 6.71. The second kappa shape index (κ2) is 5.31. The van der Waals surface area contributed by atoms with E-state index in [1.165, 1.54) is 6.08 Å².